The summed E-state index contributed by atoms with van der Waals surface area (Å²) in [5.41, 5.74) is 0.241. The van der Waals surface area contributed by atoms with Crippen LogP contribution in [0.4, 0.5) is 20.7 Å². The number of piperazine rings is 1. The lowest BCUT2D eigenvalue weighted by molar-refractivity contribution is 0.169. The zero-order chi connectivity index (χ0) is 24.7. The first kappa shape index (κ1) is 24.2. The summed E-state index contributed by atoms with van der Waals surface area (Å²) in [7, 11) is 0. The average Bonchev–Trinajstić information content (AvgIpc) is 3.36. The predicted octanol–water partition coefficient (Wildman–Crippen LogP) is 4.06. The lowest BCUT2D eigenvalue weighted by Crippen LogP contribution is -2.49. The fourth-order valence-corrected chi connectivity index (χ4v) is 5.09. The van der Waals surface area contributed by atoms with Crippen molar-refractivity contribution in [2.45, 2.75) is 63.6 Å². The molecule has 2 amide bonds. The van der Waals surface area contributed by atoms with Gasteiger partial charge in [-0.25, -0.2) is 14.2 Å². The molecule has 1 saturated carbocycles. The average molecular weight is 506 g/mol. The first-order valence-corrected chi connectivity index (χ1v) is 12.8. The maximum atomic E-state index is 13.4. The van der Waals surface area contributed by atoms with Crippen molar-refractivity contribution in [2.24, 2.45) is 0 Å². The van der Waals surface area contributed by atoms with Crippen LogP contribution in [0.1, 0.15) is 57.7 Å². The molecular weight excluding hydrogens is 473 g/mol. The summed E-state index contributed by atoms with van der Waals surface area (Å²) in [6, 6.07) is 2.01. The molecule has 0 aromatic carbocycles. The molecule has 5 rings (SSSR count). The van der Waals surface area contributed by atoms with Crippen LogP contribution >= 0.6 is 11.6 Å². The van der Waals surface area contributed by atoms with Crippen molar-refractivity contribution in [3.63, 3.8) is 0 Å². The van der Waals surface area contributed by atoms with Gasteiger partial charge in [0.2, 0.25) is 5.89 Å². The molecule has 2 aliphatic heterocycles. The molecule has 2 atom stereocenters. The van der Waals surface area contributed by atoms with Crippen molar-refractivity contribution in [1.29, 1.82) is 0 Å². The number of hydrogen-bond acceptors (Lipinski definition) is 7. The van der Waals surface area contributed by atoms with Crippen molar-refractivity contribution in [2.75, 3.05) is 49.5 Å². The van der Waals surface area contributed by atoms with Crippen LogP contribution in [0, 0.1) is 0 Å². The van der Waals surface area contributed by atoms with Crippen LogP contribution in [0.25, 0.3) is 0 Å². The topological polar surface area (TPSA) is 90.6 Å². The van der Waals surface area contributed by atoms with E-state index in [9.17, 15) is 9.18 Å². The van der Waals surface area contributed by atoms with E-state index in [2.05, 4.69) is 51.0 Å². The van der Waals surface area contributed by atoms with E-state index in [1.807, 2.05) is 0 Å². The third-order valence-electron chi connectivity index (χ3n) is 7.62. The number of anilines is 2. The number of hydrogen-bond donors (Lipinski definition) is 1. The van der Waals surface area contributed by atoms with E-state index in [0.717, 1.165) is 26.2 Å². The molecule has 0 radical (unpaired) electrons. The largest absolute Gasteiger partial charge is 0.352 e. The van der Waals surface area contributed by atoms with Gasteiger partial charge in [-0.15, -0.1) is 0 Å². The number of alkyl halides is 1. The third-order valence-corrected chi connectivity index (χ3v) is 7.94. The minimum atomic E-state index is -0.870. The lowest BCUT2D eigenvalue weighted by Gasteiger charge is -2.39. The van der Waals surface area contributed by atoms with E-state index in [1.54, 1.807) is 17.2 Å². The second-order valence-corrected chi connectivity index (χ2v) is 10.8. The molecule has 9 nitrogen and oxygen atoms in total. The van der Waals surface area contributed by atoms with Crippen molar-refractivity contribution in [3.8, 4) is 0 Å². The van der Waals surface area contributed by atoms with Gasteiger partial charge in [0, 0.05) is 56.9 Å². The number of amides is 2. The number of carbonyl (C=O) groups excluding carboxylic acids is 1. The SMILES string of the molecule is CC(C)N1CCN(c2nccc(Cl)c2NC(=O)N2CCC(C)(c3noc([C@@H]4C[C@@H]4F)n3)CC2)CC1. The molecule has 4 heterocycles. The number of likely N-dealkylation sites (tertiary alicyclic amines) is 1. The Morgan fingerprint density at radius 3 is 2.54 bits per heavy atom. The van der Waals surface area contributed by atoms with E-state index in [4.69, 9.17) is 16.1 Å². The Morgan fingerprint density at radius 1 is 1.23 bits per heavy atom. The summed E-state index contributed by atoms with van der Waals surface area (Å²) in [6.45, 7) is 11.1. The number of pyridine rings is 1. The number of piperidine rings is 1. The molecule has 0 unspecified atom stereocenters. The number of aromatic nitrogens is 3. The summed E-state index contributed by atoms with van der Waals surface area (Å²) in [4.78, 5) is 28.6. The number of rotatable bonds is 5. The maximum absolute atomic E-state index is 13.4. The third kappa shape index (κ3) is 4.95. The van der Waals surface area contributed by atoms with Gasteiger partial charge in [-0.2, -0.15) is 4.98 Å². The minimum absolute atomic E-state index is 0.198. The van der Waals surface area contributed by atoms with Crippen LogP contribution in [0.2, 0.25) is 5.02 Å². The number of nitrogens with one attached hydrogen (secondary N) is 1. The zero-order valence-corrected chi connectivity index (χ0v) is 21.3. The van der Waals surface area contributed by atoms with Gasteiger partial charge in [0.1, 0.15) is 11.9 Å². The Kier molecular flexibility index (Phi) is 6.61. The van der Waals surface area contributed by atoms with E-state index < -0.39 is 6.17 Å². The molecule has 190 valence electrons. The van der Waals surface area contributed by atoms with Crippen molar-refractivity contribution < 1.29 is 13.7 Å². The summed E-state index contributed by atoms with van der Waals surface area (Å²) in [5.74, 6) is 1.45. The highest BCUT2D eigenvalue weighted by Gasteiger charge is 2.45. The number of nitrogens with zero attached hydrogens (tertiary/aromatic N) is 6. The number of halogens is 2. The van der Waals surface area contributed by atoms with Crippen LogP contribution in [0.15, 0.2) is 16.8 Å². The Morgan fingerprint density at radius 2 is 1.91 bits per heavy atom. The summed E-state index contributed by atoms with van der Waals surface area (Å²) >= 11 is 6.52. The van der Waals surface area contributed by atoms with Crippen LogP contribution in [0.5, 0.6) is 0 Å². The quantitative estimate of drug-likeness (QED) is 0.655. The van der Waals surface area contributed by atoms with Gasteiger partial charge in [0.05, 0.1) is 10.9 Å². The molecular formula is C24H33ClFN7O2. The van der Waals surface area contributed by atoms with Gasteiger partial charge >= 0.3 is 6.03 Å². The van der Waals surface area contributed by atoms with Gasteiger partial charge in [0.25, 0.3) is 0 Å². The highest BCUT2D eigenvalue weighted by Crippen LogP contribution is 2.44. The molecule has 0 spiro atoms. The van der Waals surface area contributed by atoms with Gasteiger partial charge in [-0.1, -0.05) is 23.7 Å². The molecule has 2 aromatic heterocycles. The molecule has 35 heavy (non-hydrogen) atoms. The molecule has 3 fully saturated rings. The molecule has 11 heteroatoms. The summed E-state index contributed by atoms with van der Waals surface area (Å²) in [5, 5.41) is 7.63. The van der Waals surface area contributed by atoms with E-state index in [1.165, 1.54) is 0 Å². The first-order valence-electron chi connectivity index (χ1n) is 12.4. The van der Waals surface area contributed by atoms with E-state index >= 15 is 0 Å². The van der Waals surface area contributed by atoms with Crippen molar-refractivity contribution >= 4 is 29.1 Å². The van der Waals surface area contributed by atoms with Crippen LogP contribution in [-0.2, 0) is 5.41 Å². The lowest BCUT2D eigenvalue weighted by atomic mass is 9.80. The van der Waals surface area contributed by atoms with Crippen molar-refractivity contribution in [3.05, 3.63) is 29.0 Å². The standard InChI is InChI=1S/C24H33ClFN7O2/c1-15(2)31-10-12-32(13-11-31)20-19(17(25)4-7-27-20)28-23(34)33-8-5-24(3,6-9-33)22-29-21(35-30-22)16-14-18(16)26/h4,7,15-16,18H,5-6,8-14H2,1-3H3,(H,28,34)/t16-,18+/m1/s1. The second kappa shape index (κ2) is 9.54. The number of urea groups is 1. The molecule has 2 aromatic rings. The normalized spacial score (nSPS) is 24.6. The van der Waals surface area contributed by atoms with Gasteiger partial charge in [0.15, 0.2) is 11.6 Å². The van der Waals surface area contributed by atoms with Gasteiger partial charge in [-0.05, 0) is 39.2 Å². The first-order chi connectivity index (χ1) is 16.7. The minimum Gasteiger partial charge on any atom is -0.352 e. The smallest absolute Gasteiger partial charge is 0.321 e. The Bertz CT molecular complexity index is 1060. The van der Waals surface area contributed by atoms with Gasteiger partial charge in [-0.3, -0.25) is 4.90 Å². The Labute approximate surface area is 210 Å². The van der Waals surface area contributed by atoms with Crippen LogP contribution in [-0.4, -0.2) is 82.4 Å². The van der Waals surface area contributed by atoms with Gasteiger partial charge < -0.3 is 19.6 Å². The van der Waals surface area contributed by atoms with Crippen molar-refractivity contribution in [1.82, 2.24) is 24.9 Å². The molecule has 2 saturated heterocycles. The van der Waals surface area contributed by atoms with Crippen LogP contribution in [0.3, 0.4) is 0 Å². The summed E-state index contributed by atoms with van der Waals surface area (Å²) < 4.78 is 18.7. The maximum Gasteiger partial charge on any atom is 0.321 e. The zero-order valence-electron chi connectivity index (χ0n) is 20.5. The fraction of sp³-hybridized carbons (Fsp3) is 0.667. The Hall–Kier alpha value is -2.46. The second-order valence-electron chi connectivity index (χ2n) is 10.4. The fourth-order valence-electron chi connectivity index (χ4n) is 4.90. The summed E-state index contributed by atoms with van der Waals surface area (Å²) in [6.07, 6.45) is 2.64. The van der Waals surface area contributed by atoms with E-state index in [-0.39, 0.29) is 17.4 Å². The van der Waals surface area contributed by atoms with Crippen LogP contribution < -0.4 is 10.2 Å². The monoisotopic (exact) mass is 505 g/mol. The predicted molar refractivity (Wildman–Crippen MR) is 132 cm³/mol. The molecule has 1 N–H and O–H groups in total. The Balaban J connectivity index is 1.22. The molecule has 0 bridgehead atoms. The van der Waals surface area contributed by atoms with E-state index in [0.29, 0.717) is 66.6 Å². The highest BCUT2D eigenvalue weighted by molar-refractivity contribution is 6.34. The molecule has 1 aliphatic carbocycles. The number of carbonyl (C=O) groups is 1. The molecule has 3 aliphatic rings. The highest BCUT2D eigenvalue weighted by atomic mass is 35.5.